The standard InChI is InChI=1S/C22H24N2O5/c1-14(2)24(16-8-6-5-7-9-16)20(25)13-29-22(26)18-11-15-10-17(27-3)12-19(28-4)21(15)23-18/h5-12,14,23H,13H2,1-4H3. The van der Waals surface area contributed by atoms with Crippen molar-refractivity contribution < 1.29 is 23.8 Å². The largest absolute Gasteiger partial charge is 0.497 e. The van der Waals surface area contributed by atoms with E-state index in [-0.39, 0.29) is 24.2 Å². The lowest BCUT2D eigenvalue weighted by atomic mass is 10.2. The normalized spacial score (nSPS) is 10.8. The zero-order valence-corrected chi connectivity index (χ0v) is 16.9. The van der Waals surface area contributed by atoms with E-state index < -0.39 is 5.97 Å². The molecule has 0 radical (unpaired) electrons. The van der Waals surface area contributed by atoms with Crippen LogP contribution < -0.4 is 14.4 Å². The molecule has 0 fully saturated rings. The molecule has 152 valence electrons. The Hall–Kier alpha value is -3.48. The van der Waals surface area contributed by atoms with Crippen molar-refractivity contribution in [1.82, 2.24) is 4.98 Å². The number of rotatable bonds is 7. The predicted molar refractivity (Wildman–Crippen MR) is 111 cm³/mol. The van der Waals surface area contributed by atoms with Gasteiger partial charge in [0.1, 0.15) is 17.2 Å². The number of fused-ring (bicyclic) bond motifs is 1. The second-order valence-corrected chi connectivity index (χ2v) is 6.75. The van der Waals surface area contributed by atoms with Crippen LogP contribution in [-0.4, -0.2) is 43.7 Å². The molecule has 1 heterocycles. The van der Waals surface area contributed by atoms with Crippen LogP contribution in [0.2, 0.25) is 0 Å². The Labute approximate surface area is 169 Å². The summed E-state index contributed by atoms with van der Waals surface area (Å²) in [7, 11) is 3.09. The molecule has 1 N–H and O–H groups in total. The van der Waals surface area contributed by atoms with Crippen molar-refractivity contribution in [2.75, 3.05) is 25.7 Å². The number of hydrogen-bond acceptors (Lipinski definition) is 5. The minimum absolute atomic E-state index is 0.0756. The number of carbonyl (C=O) groups is 2. The zero-order chi connectivity index (χ0) is 21.0. The van der Waals surface area contributed by atoms with Gasteiger partial charge in [0, 0.05) is 23.2 Å². The van der Waals surface area contributed by atoms with Crippen molar-refractivity contribution in [2.45, 2.75) is 19.9 Å². The Morgan fingerprint density at radius 2 is 1.76 bits per heavy atom. The van der Waals surface area contributed by atoms with E-state index in [1.54, 1.807) is 30.2 Å². The number of aromatic nitrogens is 1. The van der Waals surface area contributed by atoms with Gasteiger partial charge in [0.25, 0.3) is 5.91 Å². The first-order chi connectivity index (χ1) is 13.9. The second-order valence-electron chi connectivity index (χ2n) is 6.75. The molecule has 2 aromatic carbocycles. The number of nitrogens with zero attached hydrogens (tertiary/aromatic N) is 1. The first-order valence-electron chi connectivity index (χ1n) is 9.23. The summed E-state index contributed by atoms with van der Waals surface area (Å²) in [5, 5.41) is 0.743. The summed E-state index contributed by atoms with van der Waals surface area (Å²) < 4.78 is 15.9. The van der Waals surface area contributed by atoms with Crippen molar-refractivity contribution in [3.63, 3.8) is 0 Å². The maximum atomic E-state index is 12.7. The van der Waals surface area contributed by atoms with E-state index in [0.29, 0.717) is 17.0 Å². The third-order valence-corrected chi connectivity index (χ3v) is 4.49. The average molecular weight is 396 g/mol. The zero-order valence-electron chi connectivity index (χ0n) is 16.9. The number of amides is 1. The first-order valence-corrected chi connectivity index (χ1v) is 9.23. The fraction of sp³-hybridized carbons (Fsp3) is 0.273. The Bertz CT molecular complexity index is 1010. The van der Waals surface area contributed by atoms with E-state index in [2.05, 4.69) is 4.98 Å². The van der Waals surface area contributed by atoms with E-state index in [4.69, 9.17) is 14.2 Å². The fourth-order valence-electron chi connectivity index (χ4n) is 3.17. The molecule has 29 heavy (non-hydrogen) atoms. The molecule has 0 saturated carbocycles. The van der Waals surface area contributed by atoms with Crippen LogP contribution in [0.4, 0.5) is 5.69 Å². The lowest BCUT2D eigenvalue weighted by Gasteiger charge is -2.26. The molecule has 0 saturated heterocycles. The molecule has 3 rings (SSSR count). The summed E-state index contributed by atoms with van der Waals surface area (Å²) in [4.78, 5) is 29.8. The van der Waals surface area contributed by atoms with Crippen molar-refractivity contribution in [2.24, 2.45) is 0 Å². The Morgan fingerprint density at radius 1 is 1.03 bits per heavy atom. The highest BCUT2D eigenvalue weighted by atomic mass is 16.5. The number of hydrogen-bond donors (Lipinski definition) is 1. The summed E-state index contributed by atoms with van der Waals surface area (Å²) in [5.41, 5.74) is 1.64. The lowest BCUT2D eigenvalue weighted by Crippen LogP contribution is -2.39. The average Bonchev–Trinajstić information content (AvgIpc) is 3.16. The molecule has 0 aliphatic heterocycles. The molecular weight excluding hydrogens is 372 g/mol. The van der Waals surface area contributed by atoms with Gasteiger partial charge in [-0.3, -0.25) is 4.79 Å². The number of nitrogens with one attached hydrogen (secondary N) is 1. The van der Waals surface area contributed by atoms with E-state index in [9.17, 15) is 9.59 Å². The molecule has 0 aliphatic rings. The van der Waals surface area contributed by atoms with Gasteiger partial charge in [-0.15, -0.1) is 0 Å². The molecule has 7 heteroatoms. The highest BCUT2D eigenvalue weighted by Crippen LogP contribution is 2.31. The van der Waals surface area contributed by atoms with Gasteiger partial charge >= 0.3 is 5.97 Å². The highest BCUT2D eigenvalue weighted by Gasteiger charge is 2.22. The first kappa shape index (κ1) is 20.3. The third-order valence-electron chi connectivity index (χ3n) is 4.49. The van der Waals surface area contributed by atoms with Crippen molar-refractivity contribution >= 4 is 28.5 Å². The maximum absolute atomic E-state index is 12.7. The van der Waals surface area contributed by atoms with Crippen molar-refractivity contribution in [3.05, 3.63) is 54.2 Å². The number of H-pyrrole nitrogens is 1. The van der Waals surface area contributed by atoms with Gasteiger partial charge < -0.3 is 24.1 Å². The Morgan fingerprint density at radius 3 is 2.38 bits per heavy atom. The van der Waals surface area contributed by atoms with Gasteiger partial charge in [-0.25, -0.2) is 4.79 Å². The van der Waals surface area contributed by atoms with E-state index in [1.807, 2.05) is 44.2 Å². The van der Waals surface area contributed by atoms with Crippen LogP contribution in [0, 0.1) is 0 Å². The Kier molecular flexibility index (Phi) is 6.07. The van der Waals surface area contributed by atoms with Crippen LogP contribution in [0.25, 0.3) is 10.9 Å². The maximum Gasteiger partial charge on any atom is 0.355 e. The molecule has 0 aliphatic carbocycles. The molecule has 1 aromatic heterocycles. The quantitative estimate of drug-likeness (QED) is 0.615. The summed E-state index contributed by atoms with van der Waals surface area (Å²) >= 11 is 0. The molecule has 0 spiro atoms. The minimum atomic E-state index is -0.618. The van der Waals surface area contributed by atoms with Gasteiger partial charge in [0.2, 0.25) is 0 Å². The summed E-state index contributed by atoms with van der Waals surface area (Å²) in [6, 6.07) is 14.4. The van der Waals surface area contributed by atoms with E-state index in [1.165, 1.54) is 7.11 Å². The summed E-state index contributed by atoms with van der Waals surface area (Å²) in [6.07, 6.45) is 0. The molecular formula is C22H24N2O5. The minimum Gasteiger partial charge on any atom is -0.497 e. The number of ether oxygens (including phenoxy) is 3. The Balaban J connectivity index is 1.75. The molecule has 0 unspecified atom stereocenters. The van der Waals surface area contributed by atoms with Crippen molar-refractivity contribution in [1.29, 1.82) is 0 Å². The number of benzene rings is 2. The molecule has 7 nitrogen and oxygen atoms in total. The summed E-state index contributed by atoms with van der Waals surface area (Å²) in [6.45, 7) is 3.45. The monoisotopic (exact) mass is 396 g/mol. The number of methoxy groups -OCH3 is 2. The van der Waals surface area contributed by atoms with Gasteiger partial charge in [-0.2, -0.15) is 0 Å². The molecule has 1 amide bonds. The van der Waals surface area contributed by atoms with Crippen LogP contribution >= 0.6 is 0 Å². The SMILES string of the molecule is COc1cc(OC)c2[nH]c(C(=O)OCC(=O)N(c3ccccc3)C(C)C)cc2c1. The number of anilines is 1. The van der Waals surface area contributed by atoms with Crippen molar-refractivity contribution in [3.8, 4) is 11.5 Å². The van der Waals surface area contributed by atoms with E-state index >= 15 is 0 Å². The number of aromatic amines is 1. The van der Waals surface area contributed by atoms with Gasteiger partial charge in [0.05, 0.1) is 19.7 Å². The number of carbonyl (C=O) groups excluding carboxylic acids is 2. The smallest absolute Gasteiger partial charge is 0.355 e. The van der Waals surface area contributed by atoms with Crippen LogP contribution in [-0.2, 0) is 9.53 Å². The second kappa shape index (κ2) is 8.68. The highest BCUT2D eigenvalue weighted by molar-refractivity contribution is 6.00. The fourth-order valence-corrected chi connectivity index (χ4v) is 3.17. The van der Waals surface area contributed by atoms with Gasteiger partial charge in [-0.05, 0) is 38.1 Å². The predicted octanol–water partition coefficient (Wildman–Crippen LogP) is 3.78. The molecule has 0 bridgehead atoms. The molecule has 3 aromatic rings. The molecule has 0 atom stereocenters. The third kappa shape index (κ3) is 4.34. The number of para-hydroxylation sites is 1. The lowest BCUT2D eigenvalue weighted by molar-refractivity contribution is -0.122. The van der Waals surface area contributed by atoms with E-state index in [0.717, 1.165) is 11.1 Å². The van der Waals surface area contributed by atoms with Gasteiger partial charge in [-0.1, -0.05) is 18.2 Å². The van der Waals surface area contributed by atoms with Crippen LogP contribution in [0.3, 0.4) is 0 Å². The van der Waals surface area contributed by atoms with Crippen LogP contribution in [0.1, 0.15) is 24.3 Å². The van der Waals surface area contributed by atoms with Crippen LogP contribution in [0.5, 0.6) is 11.5 Å². The number of esters is 1. The van der Waals surface area contributed by atoms with Crippen LogP contribution in [0.15, 0.2) is 48.5 Å². The summed E-state index contributed by atoms with van der Waals surface area (Å²) in [5.74, 6) is 0.241. The van der Waals surface area contributed by atoms with Gasteiger partial charge in [0.15, 0.2) is 6.61 Å². The topological polar surface area (TPSA) is 80.9 Å².